The first-order chi connectivity index (χ1) is 8.39. The third-order valence-corrected chi connectivity index (χ3v) is 2.71. The Balaban J connectivity index is 2.58. The van der Waals surface area contributed by atoms with E-state index < -0.39 is 12.8 Å². The summed E-state index contributed by atoms with van der Waals surface area (Å²) in [5.41, 5.74) is 3.60. The number of halogens is 4. The van der Waals surface area contributed by atoms with E-state index in [1.807, 2.05) is 13.8 Å². The fraction of sp³-hybridized carbons (Fsp3) is 0.700. The van der Waals surface area contributed by atoms with E-state index in [4.69, 9.17) is 11.6 Å². The van der Waals surface area contributed by atoms with Crippen LogP contribution in [0.25, 0.3) is 0 Å². The Morgan fingerprint density at radius 3 is 2.56 bits per heavy atom. The highest BCUT2D eigenvalue weighted by molar-refractivity contribution is 6.31. The number of hydrogen-bond donors (Lipinski definition) is 1. The lowest BCUT2D eigenvalue weighted by atomic mass is 10.3. The molecule has 0 aromatic carbocycles. The number of nitrogens with one attached hydrogen (secondary N) is 1. The molecule has 0 aliphatic heterocycles. The molecule has 1 N–H and O–H groups in total. The average molecular weight is 286 g/mol. The van der Waals surface area contributed by atoms with Gasteiger partial charge in [0.05, 0.1) is 23.0 Å². The van der Waals surface area contributed by atoms with Gasteiger partial charge < -0.3 is 0 Å². The Morgan fingerprint density at radius 2 is 2.06 bits per heavy atom. The van der Waals surface area contributed by atoms with Gasteiger partial charge in [-0.2, -0.15) is 23.8 Å². The lowest BCUT2D eigenvalue weighted by molar-refractivity contribution is -0.190. The van der Waals surface area contributed by atoms with Crippen molar-refractivity contribution in [3.05, 3.63) is 16.4 Å². The van der Waals surface area contributed by atoms with Crippen LogP contribution in [0, 0.1) is 0 Å². The number of hydroxylamine groups is 1. The Morgan fingerprint density at radius 1 is 1.39 bits per heavy atom. The van der Waals surface area contributed by atoms with Crippen LogP contribution < -0.4 is 5.48 Å². The summed E-state index contributed by atoms with van der Waals surface area (Å²) in [6.45, 7) is 3.12. The first-order valence-corrected chi connectivity index (χ1v) is 5.92. The molecule has 0 saturated heterocycles. The van der Waals surface area contributed by atoms with Crippen molar-refractivity contribution in [2.75, 3.05) is 6.61 Å². The van der Waals surface area contributed by atoms with Gasteiger partial charge in [-0.15, -0.1) is 0 Å². The molecule has 104 valence electrons. The molecule has 1 heterocycles. The molecule has 0 radical (unpaired) electrons. The van der Waals surface area contributed by atoms with Crippen molar-refractivity contribution in [1.29, 1.82) is 0 Å². The molecule has 1 aromatic heterocycles. The third kappa shape index (κ3) is 4.15. The van der Waals surface area contributed by atoms with E-state index in [-0.39, 0.29) is 6.54 Å². The zero-order valence-corrected chi connectivity index (χ0v) is 10.9. The fourth-order valence-electron chi connectivity index (χ4n) is 1.44. The maximum Gasteiger partial charge on any atom is 0.413 e. The highest BCUT2D eigenvalue weighted by Gasteiger charge is 2.27. The Bertz CT molecular complexity index is 392. The van der Waals surface area contributed by atoms with Gasteiger partial charge >= 0.3 is 6.18 Å². The summed E-state index contributed by atoms with van der Waals surface area (Å²) in [6, 6.07) is 0. The number of aromatic nitrogens is 2. The molecule has 0 amide bonds. The van der Waals surface area contributed by atoms with E-state index in [9.17, 15) is 13.2 Å². The number of hydrogen-bond acceptors (Lipinski definition) is 3. The predicted octanol–water partition coefficient (Wildman–Crippen LogP) is 2.70. The number of alkyl halides is 3. The van der Waals surface area contributed by atoms with Crippen LogP contribution in [0.2, 0.25) is 5.02 Å². The van der Waals surface area contributed by atoms with Crippen LogP contribution >= 0.6 is 11.6 Å². The van der Waals surface area contributed by atoms with Gasteiger partial charge in [0.1, 0.15) is 0 Å². The molecule has 0 aliphatic rings. The second-order valence-electron chi connectivity index (χ2n) is 3.60. The lowest BCUT2D eigenvalue weighted by Gasteiger charge is -2.09. The molecular formula is C10H15ClF3N3O. The van der Waals surface area contributed by atoms with Gasteiger partial charge in [0.2, 0.25) is 0 Å². The summed E-state index contributed by atoms with van der Waals surface area (Å²) in [6.07, 6.45) is -3.68. The largest absolute Gasteiger partial charge is 0.413 e. The topological polar surface area (TPSA) is 39.1 Å². The molecular weight excluding hydrogens is 271 g/mol. The molecule has 0 bridgehead atoms. The van der Waals surface area contributed by atoms with Crippen molar-refractivity contribution < 1.29 is 18.0 Å². The number of nitrogens with zero attached hydrogens (tertiary/aromatic N) is 2. The predicted molar refractivity (Wildman–Crippen MR) is 61.1 cm³/mol. The standard InChI is InChI=1S/C10H15ClF3N3O/c1-3-7-9(11)8(17(4-2)16-7)5-15-18-6-10(12,13)14/h15H,3-6H2,1-2H3. The van der Waals surface area contributed by atoms with Crippen LogP contribution in [0.4, 0.5) is 13.2 Å². The van der Waals surface area contributed by atoms with Gasteiger partial charge in [-0.3, -0.25) is 9.52 Å². The zero-order chi connectivity index (χ0) is 13.8. The van der Waals surface area contributed by atoms with Crippen molar-refractivity contribution in [2.24, 2.45) is 0 Å². The molecule has 0 atom stereocenters. The lowest BCUT2D eigenvalue weighted by Crippen LogP contribution is -2.25. The van der Waals surface area contributed by atoms with E-state index in [0.29, 0.717) is 23.7 Å². The van der Waals surface area contributed by atoms with Crippen LogP contribution in [0.15, 0.2) is 0 Å². The number of rotatable bonds is 6. The number of aryl methyl sites for hydroxylation is 2. The first-order valence-electron chi connectivity index (χ1n) is 5.54. The maximum atomic E-state index is 11.9. The minimum atomic E-state index is -4.35. The average Bonchev–Trinajstić information content (AvgIpc) is 2.60. The quantitative estimate of drug-likeness (QED) is 0.645. The van der Waals surface area contributed by atoms with Gasteiger partial charge in [-0.25, -0.2) is 0 Å². The summed E-state index contributed by atoms with van der Waals surface area (Å²) >= 11 is 6.08. The van der Waals surface area contributed by atoms with Gasteiger partial charge in [0, 0.05) is 6.54 Å². The molecule has 8 heteroatoms. The van der Waals surface area contributed by atoms with Crippen molar-refractivity contribution >= 4 is 11.6 Å². The minimum absolute atomic E-state index is 0.0791. The Hall–Kier alpha value is -0.790. The van der Waals surface area contributed by atoms with Crippen molar-refractivity contribution in [1.82, 2.24) is 15.3 Å². The summed E-state index contributed by atoms with van der Waals surface area (Å²) in [5, 5.41) is 4.72. The normalized spacial score (nSPS) is 12.1. The van der Waals surface area contributed by atoms with Crippen molar-refractivity contribution in [3.63, 3.8) is 0 Å². The van der Waals surface area contributed by atoms with E-state index in [1.165, 1.54) is 0 Å². The van der Waals surface area contributed by atoms with Crippen LogP contribution in [0.3, 0.4) is 0 Å². The Kier molecular flexibility index (Phi) is 5.43. The molecule has 4 nitrogen and oxygen atoms in total. The highest BCUT2D eigenvalue weighted by Crippen LogP contribution is 2.21. The molecule has 0 unspecified atom stereocenters. The zero-order valence-electron chi connectivity index (χ0n) is 10.1. The van der Waals surface area contributed by atoms with Crippen LogP contribution in [-0.4, -0.2) is 22.6 Å². The Labute approximate surface area is 108 Å². The van der Waals surface area contributed by atoms with Crippen molar-refractivity contribution in [2.45, 2.75) is 39.5 Å². The van der Waals surface area contributed by atoms with Crippen LogP contribution in [0.5, 0.6) is 0 Å². The smallest absolute Gasteiger partial charge is 0.292 e. The van der Waals surface area contributed by atoms with E-state index in [2.05, 4.69) is 15.4 Å². The first kappa shape index (κ1) is 15.3. The van der Waals surface area contributed by atoms with Gasteiger partial charge in [0.25, 0.3) is 0 Å². The second-order valence-corrected chi connectivity index (χ2v) is 3.98. The maximum absolute atomic E-state index is 11.9. The van der Waals surface area contributed by atoms with Crippen LogP contribution in [-0.2, 0) is 24.3 Å². The summed E-state index contributed by atoms with van der Waals surface area (Å²) in [5.74, 6) is 0. The van der Waals surface area contributed by atoms with Gasteiger partial charge in [0.15, 0.2) is 6.61 Å². The summed E-state index contributed by atoms with van der Waals surface area (Å²) < 4.78 is 37.2. The van der Waals surface area contributed by atoms with Gasteiger partial charge in [-0.1, -0.05) is 18.5 Å². The highest BCUT2D eigenvalue weighted by atomic mass is 35.5. The van der Waals surface area contributed by atoms with Gasteiger partial charge in [-0.05, 0) is 13.3 Å². The molecule has 0 fully saturated rings. The molecule has 1 aromatic rings. The molecule has 18 heavy (non-hydrogen) atoms. The summed E-state index contributed by atoms with van der Waals surface area (Å²) in [4.78, 5) is 4.32. The molecule has 1 rings (SSSR count). The monoisotopic (exact) mass is 285 g/mol. The molecule has 0 aliphatic carbocycles. The minimum Gasteiger partial charge on any atom is -0.292 e. The SMILES string of the molecule is CCc1nn(CC)c(CNOCC(F)(F)F)c1Cl. The summed E-state index contributed by atoms with van der Waals surface area (Å²) in [7, 11) is 0. The molecule has 0 saturated carbocycles. The fourth-order valence-corrected chi connectivity index (χ4v) is 1.77. The van der Waals surface area contributed by atoms with E-state index in [0.717, 1.165) is 5.69 Å². The van der Waals surface area contributed by atoms with E-state index in [1.54, 1.807) is 4.68 Å². The van der Waals surface area contributed by atoms with Crippen molar-refractivity contribution in [3.8, 4) is 0 Å². The van der Waals surface area contributed by atoms with E-state index >= 15 is 0 Å². The third-order valence-electron chi connectivity index (χ3n) is 2.27. The molecule has 0 spiro atoms. The second kappa shape index (κ2) is 6.40. The van der Waals surface area contributed by atoms with Crippen LogP contribution in [0.1, 0.15) is 25.2 Å².